The fraction of sp³-hybridized carbons (Fsp3) is 0.667. The minimum Gasteiger partial charge on any atom is -0.462 e. The van der Waals surface area contributed by atoms with Gasteiger partial charge in [0.2, 0.25) is 0 Å². The summed E-state index contributed by atoms with van der Waals surface area (Å²) in [6, 6.07) is 0. The van der Waals surface area contributed by atoms with Crippen molar-refractivity contribution in [3.63, 3.8) is 0 Å². The van der Waals surface area contributed by atoms with Gasteiger partial charge in [-0.25, -0.2) is 0 Å². The maximum Gasteiger partial charge on any atom is 0.306 e. The summed E-state index contributed by atoms with van der Waals surface area (Å²) in [5.41, 5.74) is 0. The molecule has 0 saturated carbocycles. The molecule has 0 amide bonds. The van der Waals surface area contributed by atoms with Gasteiger partial charge in [0, 0.05) is 19.3 Å². The largest absolute Gasteiger partial charge is 0.462 e. The van der Waals surface area contributed by atoms with E-state index in [1.54, 1.807) is 0 Å². The maximum atomic E-state index is 12.8. The van der Waals surface area contributed by atoms with Gasteiger partial charge in [-0.1, -0.05) is 208 Å². The number of ether oxygens (including phenoxy) is 3. The van der Waals surface area contributed by atoms with Gasteiger partial charge in [0.25, 0.3) is 0 Å². The molecular formula is C57H94O6. The van der Waals surface area contributed by atoms with Crippen molar-refractivity contribution in [3.05, 3.63) is 97.2 Å². The maximum absolute atomic E-state index is 12.8. The molecule has 0 heterocycles. The third kappa shape index (κ3) is 49.2. The highest BCUT2D eigenvalue weighted by atomic mass is 16.6. The van der Waals surface area contributed by atoms with Gasteiger partial charge in [-0.3, -0.25) is 14.4 Å². The van der Waals surface area contributed by atoms with E-state index >= 15 is 0 Å². The molecule has 6 heteroatoms. The van der Waals surface area contributed by atoms with E-state index in [1.807, 2.05) is 0 Å². The van der Waals surface area contributed by atoms with Crippen molar-refractivity contribution < 1.29 is 28.6 Å². The van der Waals surface area contributed by atoms with Crippen molar-refractivity contribution in [1.82, 2.24) is 0 Å². The van der Waals surface area contributed by atoms with Crippen LogP contribution >= 0.6 is 0 Å². The van der Waals surface area contributed by atoms with Crippen molar-refractivity contribution in [2.45, 2.75) is 232 Å². The number of carbonyl (C=O) groups excluding carboxylic acids is 3. The van der Waals surface area contributed by atoms with E-state index in [1.165, 1.54) is 89.9 Å². The van der Waals surface area contributed by atoms with Gasteiger partial charge in [-0.15, -0.1) is 0 Å². The van der Waals surface area contributed by atoms with Crippen molar-refractivity contribution >= 4 is 17.9 Å². The molecule has 0 radical (unpaired) electrons. The lowest BCUT2D eigenvalue weighted by atomic mass is 10.0. The van der Waals surface area contributed by atoms with E-state index < -0.39 is 6.10 Å². The summed E-state index contributed by atoms with van der Waals surface area (Å²) in [6.07, 6.45) is 66.8. The molecule has 0 fully saturated rings. The number of allylic oxidation sites excluding steroid dienone is 16. The van der Waals surface area contributed by atoms with Crippen molar-refractivity contribution in [2.24, 2.45) is 0 Å². The van der Waals surface area contributed by atoms with Gasteiger partial charge < -0.3 is 14.2 Å². The van der Waals surface area contributed by atoms with Crippen molar-refractivity contribution in [1.29, 1.82) is 0 Å². The van der Waals surface area contributed by atoms with E-state index in [0.29, 0.717) is 19.3 Å². The van der Waals surface area contributed by atoms with Gasteiger partial charge in [0.15, 0.2) is 6.10 Å². The number of carbonyl (C=O) groups is 3. The average Bonchev–Trinajstić information content (AvgIpc) is 3.28. The highest BCUT2D eigenvalue weighted by molar-refractivity contribution is 5.71. The Kier molecular flexibility index (Phi) is 48.0. The first-order valence-corrected chi connectivity index (χ1v) is 25.7. The second-order valence-electron chi connectivity index (χ2n) is 16.7. The molecule has 0 unspecified atom stereocenters. The van der Waals surface area contributed by atoms with Crippen LogP contribution in [0.1, 0.15) is 226 Å². The summed E-state index contributed by atoms with van der Waals surface area (Å²) in [6.45, 7) is 6.40. The van der Waals surface area contributed by atoms with E-state index in [0.717, 1.165) is 83.5 Å². The van der Waals surface area contributed by atoms with Crippen LogP contribution in [0.4, 0.5) is 0 Å². The minimum atomic E-state index is -0.819. The monoisotopic (exact) mass is 875 g/mol. The first-order valence-electron chi connectivity index (χ1n) is 25.7. The Hall–Kier alpha value is -3.67. The first kappa shape index (κ1) is 59.3. The third-order valence-corrected chi connectivity index (χ3v) is 10.6. The Balaban J connectivity index is 4.54. The number of rotatable bonds is 45. The van der Waals surface area contributed by atoms with Crippen LogP contribution < -0.4 is 0 Å². The summed E-state index contributed by atoms with van der Waals surface area (Å²) < 4.78 is 16.7. The molecule has 0 aromatic carbocycles. The minimum absolute atomic E-state index is 0.110. The van der Waals surface area contributed by atoms with E-state index in [2.05, 4.69) is 118 Å². The quantitative estimate of drug-likeness (QED) is 0.0262. The van der Waals surface area contributed by atoms with E-state index in [4.69, 9.17) is 14.2 Å². The predicted octanol–water partition coefficient (Wildman–Crippen LogP) is 17.0. The number of hydrogen-bond donors (Lipinski definition) is 0. The third-order valence-electron chi connectivity index (χ3n) is 10.6. The molecule has 0 saturated heterocycles. The van der Waals surface area contributed by atoms with E-state index in [9.17, 15) is 14.4 Å². The second-order valence-corrected chi connectivity index (χ2v) is 16.7. The van der Waals surface area contributed by atoms with Gasteiger partial charge in [0.1, 0.15) is 13.2 Å². The Morgan fingerprint density at radius 3 is 1.06 bits per heavy atom. The SMILES string of the molecule is CC/C=C\C/C=C\C/C=C\C/C=C\C/C=C\CCCC(=O)OC[C@@H](COC(=O)CCCCCCCCCCCCCCC)OC(=O)CCCC/C=C\C/C=C\C/C=C\CCCCC. The Labute approximate surface area is 387 Å². The van der Waals surface area contributed by atoms with Crippen LogP contribution in [0.25, 0.3) is 0 Å². The molecule has 358 valence electrons. The molecule has 0 aliphatic rings. The summed E-state index contributed by atoms with van der Waals surface area (Å²) >= 11 is 0. The molecule has 63 heavy (non-hydrogen) atoms. The zero-order chi connectivity index (χ0) is 45.8. The van der Waals surface area contributed by atoms with Crippen molar-refractivity contribution in [2.75, 3.05) is 13.2 Å². The first-order chi connectivity index (χ1) is 31.0. The normalized spacial score (nSPS) is 12.9. The number of hydrogen-bond acceptors (Lipinski definition) is 6. The van der Waals surface area contributed by atoms with Crippen LogP contribution in [0, 0.1) is 0 Å². The smallest absolute Gasteiger partial charge is 0.306 e. The zero-order valence-corrected chi connectivity index (χ0v) is 40.8. The van der Waals surface area contributed by atoms with Gasteiger partial charge in [-0.05, 0) is 96.3 Å². The molecule has 0 bridgehead atoms. The van der Waals surface area contributed by atoms with Gasteiger partial charge in [-0.2, -0.15) is 0 Å². The molecule has 6 nitrogen and oxygen atoms in total. The zero-order valence-electron chi connectivity index (χ0n) is 40.8. The molecule has 1 atom stereocenters. The second kappa shape index (κ2) is 51.0. The van der Waals surface area contributed by atoms with Gasteiger partial charge >= 0.3 is 17.9 Å². The highest BCUT2D eigenvalue weighted by Gasteiger charge is 2.19. The molecule has 0 aliphatic heterocycles. The van der Waals surface area contributed by atoms with Crippen LogP contribution in [-0.2, 0) is 28.6 Å². The standard InChI is InChI=1S/C57H94O6/c1-4-7-10-13-16-19-22-25-27-28-30-32-35-38-41-44-47-50-56(59)62-53-54(52-61-55(58)49-46-43-40-37-34-31-24-21-18-15-12-9-6-3)63-57(60)51-48-45-42-39-36-33-29-26-23-20-17-14-11-8-5-2/h7,10,16-17,19-20,25-27,29-30,32,36,38-39,41,54H,4-6,8-9,11-15,18,21-24,28,31,33-35,37,40,42-53H2,1-3H3/b10-7-,19-16-,20-17-,27-25-,29-26-,32-30-,39-36-,41-38-/t54-/m1/s1. The predicted molar refractivity (Wildman–Crippen MR) is 270 cm³/mol. The summed E-state index contributed by atoms with van der Waals surface area (Å²) in [5.74, 6) is -1.01. The summed E-state index contributed by atoms with van der Waals surface area (Å²) in [5, 5.41) is 0. The van der Waals surface area contributed by atoms with Crippen LogP contribution in [-0.4, -0.2) is 37.2 Å². The van der Waals surface area contributed by atoms with Crippen molar-refractivity contribution in [3.8, 4) is 0 Å². The number of unbranched alkanes of at least 4 members (excludes halogenated alkanes) is 18. The molecule has 0 aromatic heterocycles. The fourth-order valence-electron chi connectivity index (χ4n) is 6.72. The van der Waals surface area contributed by atoms with Crippen LogP contribution in [0.2, 0.25) is 0 Å². The average molecular weight is 875 g/mol. The highest BCUT2D eigenvalue weighted by Crippen LogP contribution is 2.14. The fourth-order valence-corrected chi connectivity index (χ4v) is 6.72. The molecular weight excluding hydrogens is 781 g/mol. The summed E-state index contributed by atoms with van der Waals surface area (Å²) in [7, 11) is 0. The molecule has 0 spiro atoms. The van der Waals surface area contributed by atoms with Crippen LogP contribution in [0.15, 0.2) is 97.2 Å². The topological polar surface area (TPSA) is 78.9 Å². The summed E-state index contributed by atoms with van der Waals surface area (Å²) in [4.78, 5) is 37.9. The Morgan fingerprint density at radius 2 is 0.635 bits per heavy atom. The molecule has 0 N–H and O–H groups in total. The lowest BCUT2D eigenvalue weighted by molar-refractivity contribution is -0.167. The lowest BCUT2D eigenvalue weighted by Crippen LogP contribution is -2.30. The molecule has 0 aliphatic carbocycles. The molecule has 0 aromatic rings. The lowest BCUT2D eigenvalue weighted by Gasteiger charge is -2.18. The van der Waals surface area contributed by atoms with Crippen LogP contribution in [0.3, 0.4) is 0 Å². The Morgan fingerprint density at radius 1 is 0.333 bits per heavy atom. The van der Waals surface area contributed by atoms with Crippen LogP contribution in [0.5, 0.6) is 0 Å². The molecule has 0 rings (SSSR count). The number of esters is 3. The Bertz CT molecular complexity index is 1280. The van der Waals surface area contributed by atoms with Gasteiger partial charge in [0.05, 0.1) is 0 Å². The van der Waals surface area contributed by atoms with E-state index in [-0.39, 0.29) is 44.0 Å².